The summed E-state index contributed by atoms with van der Waals surface area (Å²) in [6.07, 6.45) is 4.47. The summed E-state index contributed by atoms with van der Waals surface area (Å²) in [5.41, 5.74) is 8.56. The highest BCUT2D eigenvalue weighted by Gasteiger charge is 2.33. The van der Waals surface area contributed by atoms with Gasteiger partial charge in [0.15, 0.2) is 0 Å². The maximum Gasteiger partial charge on any atom is 0.226 e. The number of carbonyl (C=O) groups is 1. The van der Waals surface area contributed by atoms with Gasteiger partial charge < -0.3 is 9.88 Å². The molecule has 6 nitrogen and oxygen atoms in total. The van der Waals surface area contributed by atoms with Crippen LogP contribution in [0.15, 0.2) is 67.0 Å². The Morgan fingerprint density at radius 3 is 2.76 bits per heavy atom. The summed E-state index contributed by atoms with van der Waals surface area (Å²) in [5.74, 6) is 0.815. The second-order valence-electron chi connectivity index (χ2n) is 7.16. The number of nitrogens with one attached hydrogen (secondary N) is 3. The minimum atomic E-state index is -0.180. The molecule has 1 amide bonds. The predicted octanol–water partition coefficient (Wildman–Crippen LogP) is 2.71. The number of rotatable bonds is 7. The molecule has 1 saturated heterocycles. The number of halogens is 1. The third-order valence-corrected chi connectivity index (χ3v) is 5.45. The smallest absolute Gasteiger partial charge is 0.226 e. The summed E-state index contributed by atoms with van der Waals surface area (Å²) in [4.78, 5) is 17.2. The predicted molar refractivity (Wildman–Crippen MR) is 113 cm³/mol. The molecule has 1 aliphatic rings. The summed E-state index contributed by atoms with van der Waals surface area (Å²) in [5, 5.41) is 3.75. The second kappa shape index (κ2) is 9.22. The highest BCUT2D eigenvalue weighted by atomic mass is 35.5. The van der Waals surface area contributed by atoms with Gasteiger partial charge in [0, 0.05) is 43.5 Å². The monoisotopic (exact) mass is 409 g/mol. The molecular formula is C22H24ClN5O. The van der Waals surface area contributed by atoms with Crippen LogP contribution >= 0.6 is 11.6 Å². The third-order valence-electron chi connectivity index (χ3n) is 5.19. The van der Waals surface area contributed by atoms with Crippen molar-refractivity contribution in [2.75, 3.05) is 13.1 Å². The summed E-state index contributed by atoms with van der Waals surface area (Å²) < 4.78 is 2.12. The first kappa shape index (κ1) is 19.6. The standard InChI is InChI=1S/C22H24ClN5O/c23-18-8-6-17(7-9-18)21-19(14-26-27-21)22(29)25-11-10-20-24-12-13-28(20)15-16-4-2-1-3-5-16/h1-9,12-13,19,21,26-27H,10-11,14-15H2,(H,25,29). The van der Waals surface area contributed by atoms with E-state index in [-0.39, 0.29) is 17.9 Å². The molecule has 1 aliphatic heterocycles. The van der Waals surface area contributed by atoms with Gasteiger partial charge in [0.1, 0.15) is 5.82 Å². The number of carbonyl (C=O) groups excluding carboxylic acids is 1. The van der Waals surface area contributed by atoms with Gasteiger partial charge in [0.25, 0.3) is 0 Å². The number of hydrazine groups is 1. The fraction of sp³-hybridized carbons (Fsp3) is 0.273. The third kappa shape index (κ3) is 4.85. The quantitative estimate of drug-likeness (QED) is 0.561. The highest BCUT2D eigenvalue weighted by Crippen LogP contribution is 2.26. The van der Waals surface area contributed by atoms with Crippen LogP contribution in [0.5, 0.6) is 0 Å². The molecule has 0 aliphatic carbocycles. The van der Waals surface area contributed by atoms with Crippen molar-refractivity contribution in [1.29, 1.82) is 0 Å². The lowest BCUT2D eigenvalue weighted by molar-refractivity contribution is -0.124. The molecule has 29 heavy (non-hydrogen) atoms. The van der Waals surface area contributed by atoms with E-state index in [0.717, 1.165) is 17.9 Å². The van der Waals surface area contributed by atoms with Crippen LogP contribution in [-0.2, 0) is 17.8 Å². The Morgan fingerprint density at radius 1 is 1.17 bits per heavy atom. The minimum Gasteiger partial charge on any atom is -0.355 e. The van der Waals surface area contributed by atoms with Gasteiger partial charge >= 0.3 is 0 Å². The van der Waals surface area contributed by atoms with Gasteiger partial charge in [-0.3, -0.25) is 10.2 Å². The van der Waals surface area contributed by atoms with E-state index in [1.807, 2.05) is 54.9 Å². The summed E-state index contributed by atoms with van der Waals surface area (Å²) in [6.45, 7) is 1.91. The first-order chi connectivity index (χ1) is 14.2. The Bertz CT molecular complexity index is 941. The fourth-order valence-corrected chi connectivity index (χ4v) is 3.77. The number of amides is 1. The molecule has 1 aromatic heterocycles. The van der Waals surface area contributed by atoms with E-state index >= 15 is 0 Å². The zero-order chi connectivity index (χ0) is 20.1. The number of hydrogen-bond donors (Lipinski definition) is 3. The molecule has 0 radical (unpaired) electrons. The molecule has 2 atom stereocenters. The van der Waals surface area contributed by atoms with Crippen LogP contribution in [-0.4, -0.2) is 28.5 Å². The van der Waals surface area contributed by atoms with Crippen LogP contribution in [0.2, 0.25) is 5.02 Å². The van der Waals surface area contributed by atoms with Crippen LogP contribution in [0.4, 0.5) is 0 Å². The van der Waals surface area contributed by atoms with E-state index in [2.05, 4.69) is 37.9 Å². The second-order valence-corrected chi connectivity index (χ2v) is 7.60. The van der Waals surface area contributed by atoms with Gasteiger partial charge in [-0.2, -0.15) is 0 Å². The lowest BCUT2D eigenvalue weighted by atomic mass is 9.94. The van der Waals surface area contributed by atoms with Crippen molar-refractivity contribution in [3.8, 4) is 0 Å². The zero-order valence-corrected chi connectivity index (χ0v) is 16.8. The molecular weight excluding hydrogens is 386 g/mol. The van der Waals surface area contributed by atoms with E-state index in [4.69, 9.17) is 11.6 Å². The Balaban J connectivity index is 1.32. The zero-order valence-electron chi connectivity index (χ0n) is 16.0. The highest BCUT2D eigenvalue weighted by molar-refractivity contribution is 6.30. The summed E-state index contributed by atoms with van der Waals surface area (Å²) in [6, 6.07) is 17.8. The van der Waals surface area contributed by atoms with E-state index in [9.17, 15) is 4.79 Å². The van der Waals surface area contributed by atoms with E-state index in [1.54, 1.807) is 0 Å². The molecule has 0 saturated carbocycles. The number of imidazole rings is 1. The number of hydrogen-bond acceptors (Lipinski definition) is 4. The van der Waals surface area contributed by atoms with Crippen LogP contribution in [0.1, 0.15) is 23.0 Å². The molecule has 2 aromatic carbocycles. The molecule has 3 N–H and O–H groups in total. The van der Waals surface area contributed by atoms with Gasteiger partial charge in [-0.1, -0.05) is 54.1 Å². The number of benzene rings is 2. The molecule has 0 bridgehead atoms. The van der Waals surface area contributed by atoms with E-state index < -0.39 is 0 Å². The Kier molecular flexibility index (Phi) is 6.24. The number of nitrogens with zero attached hydrogens (tertiary/aromatic N) is 2. The largest absolute Gasteiger partial charge is 0.355 e. The van der Waals surface area contributed by atoms with Crippen molar-refractivity contribution >= 4 is 17.5 Å². The molecule has 4 rings (SSSR count). The molecule has 0 spiro atoms. The molecule has 3 aromatic rings. The van der Waals surface area contributed by atoms with Crippen molar-refractivity contribution < 1.29 is 4.79 Å². The van der Waals surface area contributed by atoms with Crippen molar-refractivity contribution in [3.05, 3.63) is 89.0 Å². The Labute approximate surface area is 175 Å². The van der Waals surface area contributed by atoms with Crippen LogP contribution in [0, 0.1) is 5.92 Å². The molecule has 1 fully saturated rings. The van der Waals surface area contributed by atoms with Crippen molar-refractivity contribution in [2.24, 2.45) is 5.92 Å². The lowest BCUT2D eigenvalue weighted by Gasteiger charge is -2.18. The van der Waals surface area contributed by atoms with Gasteiger partial charge in [0.2, 0.25) is 5.91 Å². The lowest BCUT2D eigenvalue weighted by Crippen LogP contribution is -2.36. The molecule has 2 unspecified atom stereocenters. The maximum absolute atomic E-state index is 12.8. The van der Waals surface area contributed by atoms with Crippen LogP contribution in [0.3, 0.4) is 0 Å². The van der Waals surface area contributed by atoms with Gasteiger partial charge in [0.05, 0.1) is 12.0 Å². The van der Waals surface area contributed by atoms with Gasteiger partial charge in [-0.05, 0) is 23.3 Å². The molecule has 150 valence electrons. The first-order valence-corrected chi connectivity index (χ1v) is 10.1. The van der Waals surface area contributed by atoms with Crippen molar-refractivity contribution in [3.63, 3.8) is 0 Å². The van der Waals surface area contributed by atoms with Gasteiger partial charge in [-0.25, -0.2) is 10.4 Å². The summed E-state index contributed by atoms with van der Waals surface area (Å²) in [7, 11) is 0. The fourth-order valence-electron chi connectivity index (χ4n) is 3.65. The van der Waals surface area contributed by atoms with Crippen molar-refractivity contribution in [1.82, 2.24) is 25.7 Å². The first-order valence-electron chi connectivity index (χ1n) is 9.76. The van der Waals surface area contributed by atoms with Crippen molar-refractivity contribution in [2.45, 2.75) is 19.0 Å². The van der Waals surface area contributed by atoms with Gasteiger partial charge in [-0.15, -0.1) is 0 Å². The maximum atomic E-state index is 12.8. The summed E-state index contributed by atoms with van der Waals surface area (Å²) >= 11 is 5.98. The van der Waals surface area contributed by atoms with Crippen LogP contribution in [0.25, 0.3) is 0 Å². The normalized spacial score (nSPS) is 18.7. The Hall–Kier alpha value is -2.67. The average Bonchev–Trinajstić information content (AvgIpc) is 3.39. The Morgan fingerprint density at radius 2 is 1.97 bits per heavy atom. The van der Waals surface area contributed by atoms with E-state index in [1.165, 1.54) is 5.56 Å². The van der Waals surface area contributed by atoms with E-state index in [0.29, 0.717) is 24.5 Å². The molecule has 2 heterocycles. The topological polar surface area (TPSA) is 71.0 Å². The number of aromatic nitrogens is 2. The SMILES string of the molecule is O=C(NCCc1nccn1Cc1ccccc1)C1CNNC1c1ccc(Cl)cc1. The average molecular weight is 410 g/mol. The van der Waals surface area contributed by atoms with Crippen LogP contribution < -0.4 is 16.2 Å². The molecule has 7 heteroatoms. The minimum absolute atomic E-state index is 0.0311.